The Morgan fingerprint density at radius 2 is 2.00 bits per heavy atom. The second-order valence-corrected chi connectivity index (χ2v) is 4.59. The number of hydrogen-bond acceptors (Lipinski definition) is 3. The number of pyridine rings is 1. The standard InChI is InChI=1S/C12H14N2S/c1-9(10-4-6-14-7-5-10)12(13)11-3-2-8-15-11/h2-9,12H,13H2,1H3. The van der Waals surface area contributed by atoms with E-state index in [9.17, 15) is 0 Å². The van der Waals surface area contributed by atoms with Crippen molar-refractivity contribution in [3.63, 3.8) is 0 Å². The van der Waals surface area contributed by atoms with Crippen LogP contribution in [0.5, 0.6) is 0 Å². The molecule has 2 heterocycles. The molecule has 78 valence electrons. The van der Waals surface area contributed by atoms with E-state index < -0.39 is 0 Å². The topological polar surface area (TPSA) is 38.9 Å². The number of rotatable bonds is 3. The molecule has 2 nitrogen and oxygen atoms in total. The van der Waals surface area contributed by atoms with E-state index in [1.165, 1.54) is 10.4 Å². The van der Waals surface area contributed by atoms with Crippen molar-refractivity contribution in [2.75, 3.05) is 0 Å². The molecule has 2 unspecified atom stereocenters. The van der Waals surface area contributed by atoms with E-state index >= 15 is 0 Å². The molecule has 0 aromatic carbocycles. The molecule has 2 rings (SSSR count). The van der Waals surface area contributed by atoms with Crippen LogP contribution in [0.2, 0.25) is 0 Å². The van der Waals surface area contributed by atoms with Crippen molar-refractivity contribution in [1.82, 2.24) is 4.98 Å². The lowest BCUT2D eigenvalue weighted by Gasteiger charge is -2.18. The Morgan fingerprint density at radius 3 is 2.60 bits per heavy atom. The van der Waals surface area contributed by atoms with E-state index in [1.807, 2.05) is 30.6 Å². The fourth-order valence-electron chi connectivity index (χ4n) is 1.60. The monoisotopic (exact) mass is 218 g/mol. The third kappa shape index (κ3) is 2.25. The van der Waals surface area contributed by atoms with Crippen molar-refractivity contribution in [2.24, 2.45) is 5.73 Å². The molecule has 0 aliphatic heterocycles. The third-order valence-electron chi connectivity index (χ3n) is 2.64. The van der Waals surface area contributed by atoms with Crippen molar-refractivity contribution in [3.8, 4) is 0 Å². The number of nitrogens with two attached hydrogens (primary N) is 1. The zero-order valence-corrected chi connectivity index (χ0v) is 9.45. The maximum atomic E-state index is 6.20. The summed E-state index contributed by atoms with van der Waals surface area (Å²) in [6, 6.07) is 8.26. The molecule has 15 heavy (non-hydrogen) atoms. The Bertz CT molecular complexity index is 397. The van der Waals surface area contributed by atoms with E-state index in [4.69, 9.17) is 5.73 Å². The Hall–Kier alpha value is -1.19. The number of thiophene rings is 1. The maximum Gasteiger partial charge on any atom is 0.0456 e. The number of nitrogens with zero attached hydrogens (tertiary/aromatic N) is 1. The summed E-state index contributed by atoms with van der Waals surface area (Å²) in [6.45, 7) is 2.15. The summed E-state index contributed by atoms with van der Waals surface area (Å²) in [5.41, 5.74) is 7.45. The van der Waals surface area contributed by atoms with Crippen LogP contribution in [-0.2, 0) is 0 Å². The largest absolute Gasteiger partial charge is 0.323 e. The fraction of sp³-hybridized carbons (Fsp3) is 0.250. The third-order valence-corrected chi connectivity index (χ3v) is 3.62. The first-order chi connectivity index (χ1) is 7.29. The number of aromatic nitrogens is 1. The average Bonchev–Trinajstić information content (AvgIpc) is 2.82. The van der Waals surface area contributed by atoms with Gasteiger partial charge in [-0.1, -0.05) is 13.0 Å². The van der Waals surface area contributed by atoms with Crippen LogP contribution in [0.1, 0.15) is 29.3 Å². The predicted molar refractivity (Wildman–Crippen MR) is 63.9 cm³/mol. The van der Waals surface area contributed by atoms with E-state index in [1.54, 1.807) is 11.3 Å². The molecule has 3 heteroatoms. The van der Waals surface area contributed by atoms with Crippen LogP contribution in [0.4, 0.5) is 0 Å². The molecule has 0 bridgehead atoms. The van der Waals surface area contributed by atoms with Gasteiger partial charge in [-0.3, -0.25) is 4.98 Å². The SMILES string of the molecule is CC(c1ccncc1)C(N)c1cccs1. The highest BCUT2D eigenvalue weighted by Gasteiger charge is 2.17. The van der Waals surface area contributed by atoms with Crippen molar-refractivity contribution in [1.29, 1.82) is 0 Å². The van der Waals surface area contributed by atoms with Gasteiger partial charge in [0.2, 0.25) is 0 Å². The van der Waals surface area contributed by atoms with Crippen LogP contribution in [-0.4, -0.2) is 4.98 Å². The van der Waals surface area contributed by atoms with Crippen LogP contribution >= 0.6 is 11.3 Å². The molecular formula is C12H14N2S. The molecule has 0 saturated carbocycles. The summed E-state index contributed by atoms with van der Waals surface area (Å²) in [6.07, 6.45) is 3.62. The van der Waals surface area contributed by atoms with Gasteiger partial charge in [-0.05, 0) is 29.1 Å². The minimum atomic E-state index is 0.0763. The molecule has 0 aliphatic rings. The smallest absolute Gasteiger partial charge is 0.0456 e. The summed E-state index contributed by atoms with van der Waals surface area (Å²) >= 11 is 1.71. The molecule has 0 fully saturated rings. The van der Waals surface area contributed by atoms with Crippen molar-refractivity contribution in [2.45, 2.75) is 18.9 Å². The van der Waals surface area contributed by atoms with Crippen LogP contribution < -0.4 is 5.73 Å². The van der Waals surface area contributed by atoms with Gasteiger partial charge in [-0.2, -0.15) is 0 Å². The zero-order chi connectivity index (χ0) is 10.7. The Morgan fingerprint density at radius 1 is 1.27 bits per heavy atom. The molecule has 0 amide bonds. The van der Waals surface area contributed by atoms with E-state index in [-0.39, 0.29) is 6.04 Å². The summed E-state index contributed by atoms with van der Waals surface area (Å²) in [4.78, 5) is 5.25. The van der Waals surface area contributed by atoms with Crippen LogP contribution in [0.15, 0.2) is 42.0 Å². The van der Waals surface area contributed by atoms with Gasteiger partial charge in [0.05, 0.1) is 0 Å². The molecule has 2 aromatic heterocycles. The summed E-state index contributed by atoms with van der Waals surface area (Å²) in [7, 11) is 0. The van der Waals surface area contributed by atoms with Gasteiger partial charge < -0.3 is 5.73 Å². The Labute approximate surface area is 93.8 Å². The molecule has 2 N–H and O–H groups in total. The molecule has 0 saturated heterocycles. The molecule has 2 aromatic rings. The highest BCUT2D eigenvalue weighted by molar-refractivity contribution is 7.10. The molecule has 0 radical (unpaired) electrons. The van der Waals surface area contributed by atoms with Gasteiger partial charge >= 0.3 is 0 Å². The lowest BCUT2D eigenvalue weighted by Crippen LogP contribution is -2.16. The summed E-state index contributed by atoms with van der Waals surface area (Å²) in [5, 5.41) is 2.06. The van der Waals surface area contributed by atoms with Crippen LogP contribution in [0.3, 0.4) is 0 Å². The first kappa shape index (κ1) is 10.3. The highest BCUT2D eigenvalue weighted by atomic mass is 32.1. The second-order valence-electron chi connectivity index (χ2n) is 3.61. The normalized spacial score (nSPS) is 14.8. The zero-order valence-electron chi connectivity index (χ0n) is 8.63. The summed E-state index contributed by atoms with van der Waals surface area (Å²) < 4.78 is 0. The van der Waals surface area contributed by atoms with Gasteiger partial charge in [0.1, 0.15) is 0 Å². The van der Waals surface area contributed by atoms with Crippen molar-refractivity contribution in [3.05, 3.63) is 52.5 Å². The molecule has 2 atom stereocenters. The quantitative estimate of drug-likeness (QED) is 0.860. The van der Waals surface area contributed by atoms with Gasteiger partial charge in [0, 0.05) is 29.2 Å². The van der Waals surface area contributed by atoms with Gasteiger partial charge in [0.15, 0.2) is 0 Å². The lowest BCUT2D eigenvalue weighted by molar-refractivity contribution is 0.607. The molecule has 0 aliphatic carbocycles. The number of hydrogen-bond donors (Lipinski definition) is 1. The first-order valence-corrected chi connectivity index (χ1v) is 5.86. The fourth-order valence-corrected chi connectivity index (χ4v) is 2.43. The average molecular weight is 218 g/mol. The molecular weight excluding hydrogens is 204 g/mol. The predicted octanol–water partition coefficient (Wildman–Crippen LogP) is 2.95. The highest BCUT2D eigenvalue weighted by Crippen LogP contribution is 2.30. The van der Waals surface area contributed by atoms with Crippen LogP contribution in [0, 0.1) is 0 Å². The summed E-state index contributed by atoms with van der Waals surface area (Å²) in [5.74, 6) is 0.326. The minimum Gasteiger partial charge on any atom is -0.323 e. The second kappa shape index (κ2) is 4.55. The van der Waals surface area contributed by atoms with Crippen molar-refractivity contribution < 1.29 is 0 Å². The maximum absolute atomic E-state index is 6.20. The van der Waals surface area contributed by atoms with Gasteiger partial charge in [0.25, 0.3) is 0 Å². The lowest BCUT2D eigenvalue weighted by atomic mass is 9.94. The van der Waals surface area contributed by atoms with Crippen molar-refractivity contribution >= 4 is 11.3 Å². The van der Waals surface area contributed by atoms with Gasteiger partial charge in [-0.25, -0.2) is 0 Å². The van der Waals surface area contributed by atoms with Gasteiger partial charge in [-0.15, -0.1) is 11.3 Å². The Kier molecular flexibility index (Phi) is 3.14. The molecule has 0 spiro atoms. The minimum absolute atomic E-state index is 0.0763. The first-order valence-electron chi connectivity index (χ1n) is 4.98. The van der Waals surface area contributed by atoms with Crippen LogP contribution in [0.25, 0.3) is 0 Å². The van der Waals surface area contributed by atoms with E-state index in [2.05, 4.69) is 23.4 Å². The van der Waals surface area contributed by atoms with E-state index in [0.29, 0.717) is 5.92 Å². The Balaban J connectivity index is 2.18. The van der Waals surface area contributed by atoms with E-state index in [0.717, 1.165) is 0 Å².